The van der Waals surface area contributed by atoms with Gasteiger partial charge in [-0.2, -0.15) is 0 Å². The predicted octanol–water partition coefficient (Wildman–Crippen LogP) is 2.38. The third-order valence-corrected chi connectivity index (χ3v) is 3.18. The van der Waals surface area contributed by atoms with E-state index in [1.54, 1.807) is 6.07 Å². The third kappa shape index (κ3) is 2.08. The molecule has 2 rings (SSSR count). The molecule has 1 heterocycles. The maximum atomic E-state index is 11.4. The summed E-state index contributed by atoms with van der Waals surface area (Å²) < 4.78 is 4.68. The number of methoxy groups -OCH3 is 1. The van der Waals surface area contributed by atoms with Crippen molar-refractivity contribution in [2.75, 3.05) is 7.11 Å². The number of pyridine rings is 1. The molecule has 0 bridgehead atoms. The second kappa shape index (κ2) is 3.89. The number of hydrogen-bond donors (Lipinski definition) is 0. The molecular formula is C13H17NO2. The molecule has 86 valence electrons. The first-order chi connectivity index (χ1) is 7.52. The van der Waals surface area contributed by atoms with Gasteiger partial charge in [0.15, 0.2) is 0 Å². The maximum Gasteiger partial charge on any atom is 0.356 e. The van der Waals surface area contributed by atoms with Crippen molar-refractivity contribution in [1.82, 2.24) is 4.98 Å². The van der Waals surface area contributed by atoms with E-state index in [9.17, 15) is 4.79 Å². The van der Waals surface area contributed by atoms with Crippen molar-refractivity contribution >= 4 is 5.97 Å². The van der Waals surface area contributed by atoms with Crippen molar-refractivity contribution in [3.8, 4) is 0 Å². The summed E-state index contributed by atoms with van der Waals surface area (Å²) in [5, 5.41) is 0. The Balaban J connectivity index is 2.34. The first-order valence-electron chi connectivity index (χ1n) is 5.59. The second-order valence-corrected chi connectivity index (χ2v) is 5.13. The minimum absolute atomic E-state index is 0.286. The van der Waals surface area contributed by atoms with E-state index in [2.05, 4.69) is 23.6 Å². The number of carbonyl (C=O) groups excluding carboxylic acids is 1. The van der Waals surface area contributed by atoms with Gasteiger partial charge in [-0.3, -0.25) is 0 Å². The van der Waals surface area contributed by atoms with E-state index >= 15 is 0 Å². The van der Waals surface area contributed by atoms with Crippen LogP contribution < -0.4 is 0 Å². The fraction of sp³-hybridized carbons (Fsp3) is 0.538. The lowest BCUT2D eigenvalue weighted by molar-refractivity contribution is 0.0593. The van der Waals surface area contributed by atoms with Gasteiger partial charge in [0.05, 0.1) is 7.11 Å². The van der Waals surface area contributed by atoms with Crippen LogP contribution in [-0.4, -0.2) is 18.1 Å². The first kappa shape index (κ1) is 11.1. The van der Waals surface area contributed by atoms with Gasteiger partial charge in [0, 0.05) is 5.69 Å². The molecule has 1 aromatic heterocycles. The predicted molar refractivity (Wildman–Crippen MR) is 61.4 cm³/mol. The first-order valence-corrected chi connectivity index (χ1v) is 5.59. The largest absolute Gasteiger partial charge is 0.464 e. The quantitative estimate of drug-likeness (QED) is 0.681. The summed E-state index contributed by atoms with van der Waals surface area (Å²) in [6, 6.07) is 3.76. The SMILES string of the molecule is COC(=O)c1ccc2c(n1)CC(C)(C)CC2. The summed E-state index contributed by atoms with van der Waals surface area (Å²) in [5.41, 5.74) is 3.03. The van der Waals surface area contributed by atoms with Gasteiger partial charge in [-0.1, -0.05) is 19.9 Å². The third-order valence-electron chi connectivity index (χ3n) is 3.18. The van der Waals surface area contributed by atoms with Crippen LogP contribution >= 0.6 is 0 Å². The second-order valence-electron chi connectivity index (χ2n) is 5.13. The van der Waals surface area contributed by atoms with E-state index < -0.39 is 0 Å². The molecule has 0 N–H and O–H groups in total. The zero-order chi connectivity index (χ0) is 11.8. The highest BCUT2D eigenvalue weighted by Crippen LogP contribution is 2.33. The number of nitrogens with zero attached hydrogens (tertiary/aromatic N) is 1. The Bertz CT molecular complexity index is 424. The van der Waals surface area contributed by atoms with Crippen molar-refractivity contribution < 1.29 is 9.53 Å². The molecule has 0 saturated heterocycles. The molecule has 0 atom stereocenters. The Labute approximate surface area is 95.8 Å². The number of ether oxygens (including phenoxy) is 1. The number of carbonyl (C=O) groups is 1. The van der Waals surface area contributed by atoms with Gasteiger partial charge in [0.25, 0.3) is 0 Å². The van der Waals surface area contributed by atoms with Gasteiger partial charge in [-0.05, 0) is 36.3 Å². The van der Waals surface area contributed by atoms with Gasteiger partial charge >= 0.3 is 5.97 Å². The number of aryl methyl sites for hydroxylation is 1. The Kier molecular flexibility index (Phi) is 2.70. The van der Waals surface area contributed by atoms with Crippen LogP contribution in [0, 0.1) is 5.41 Å². The minimum atomic E-state index is -0.355. The molecule has 0 amide bonds. The number of fused-ring (bicyclic) bond motifs is 1. The highest BCUT2D eigenvalue weighted by molar-refractivity contribution is 5.87. The molecular weight excluding hydrogens is 202 g/mol. The van der Waals surface area contributed by atoms with Crippen molar-refractivity contribution in [2.24, 2.45) is 5.41 Å². The number of esters is 1. The van der Waals surface area contributed by atoms with Crippen molar-refractivity contribution in [1.29, 1.82) is 0 Å². The van der Waals surface area contributed by atoms with E-state index in [4.69, 9.17) is 0 Å². The molecule has 3 heteroatoms. The molecule has 0 fully saturated rings. The van der Waals surface area contributed by atoms with Crippen molar-refractivity contribution in [3.63, 3.8) is 0 Å². The summed E-state index contributed by atoms with van der Waals surface area (Å²) in [7, 11) is 1.38. The number of aromatic nitrogens is 1. The monoisotopic (exact) mass is 219 g/mol. The van der Waals surface area contributed by atoms with Crippen LogP contribution in [0.1, 0.15) is 42.0 Å². The molecule has 0 radical (unpaired) electrons. The summed E-state index contributed by atoms with van der Waals surface area (Å²) >= 11 is 0. The smallest absolute Gasteiger partial charge is 0.356 e. The van der Waals surface area contributed by atoms with Crippen LogP contribution in [0.2, 0.25) is 0 Å². The topological polar surface area (TPSA) is 39.2 Å². The molecule has 0 spiro atoms. The summed E-state index contributed by atoms with van der Waals surface area (Å²) in [6.45, 7) is 4.48. The minimum Gasteiger partial charge on any atom is -0.464 e. The van der Waals surface area contributed by atoms with E-state index in [-0.39, 0.29) is 11.4 Å². The Morgan fingerprint density at radius 1 is 1.44 bits per heavy atom. The van der Waals surface area contributed by atoms with E-state index in [1.165, 1.54) is 19.1 Å². The fourth-order valence-electron chi connectivity index (χ4n) is 2.14. The van der Waals surface area contributed by atoms with E-state index in [1.807, 2.05) is 6.07 Å². The van der Waals surface area contributed by atoms with Crippen LogP contribution in [0.5, 0.6) is 0 Å². The lowest BCUT2D eigenvalue weighted by Gasteiger charge is -2.30. The molecule has 16 heavy (non-hydrogen) atoms. The molecule has 0 saturated carbocycles. The number of hydrogen-bond acceptors (Lipinski definition) is 3. The van der Waals surface area contributed by atoms with Crippen LogP contribution in [0.25, 0.3) is 0 Å². The average Bonchev–Trinajstić information content (AvgIpc) is 2.25. The van der Waals surface area contributed by atoms with Gasteiger partial charge in [-0.15, -0.1) is 0 Å². The molecule has 1 aromatic rings. The van der Waals surface area contributed by atoms with Gasteiger partial charge < -0.3 is 4.74 Å². The zero-order valence-electron chi connectivity index (χ0n) is 10.0. The molecule has 3 nitrogen and oxygen atoms in total. The summed E-state index contributed by atoms with van der Waals surface area (Å²) in [4.78, 5) is 15.8. The standard InChI is InChI=1S/C13H17NO2/c1-13(2)7-6-9-4-5-10(12(15)16-3)14-11(9)8-13/h4-5H,6-8H2,1-3H3. The van der Waals surface area contributed by atoms with E-state index in [0.29, 0.717) is 5.69 Å². The summed E-state index contributed by atoms with van der Waals surface area (Å²) in [5.74, 6) is -0.355. The Morgan fingerprint density at radius 3 is 2.88 bits per heavy atom. The Morgan fingerprint density at radius 2 is 2.19 bits per heavy atom. The van der Waals surface area contributed by atoms with E-state index in [0.717, 1.165) is 18.5 Å². The summed E-state index contributed by atoms with van der Waals surface area (Å²) in [6.07, 6.45) is 3.17. The normalized spacial score (nSPS) is 17.7. The Hall–Kier alpha value is -1.38. The molecule has 0 unspecified atom stereocenters. The van der Waals surface area contributed by atoms with Crippen molar-refractivity contribution in [2.45, 2.75) is 33.1 Å². The molecule has 1 aliphatic rings. The molecule has 0 aliphatic heterocycles. The van der Waals surface area contributed by atoms with Crippen LogP contribution in [-0.2, 0) is 17.6 Å². The van der Waals surface area contributed by atoms with Crippen LogP contribution in [0.15, 0.2) is 12.1 Å². The molecule has 1 aliphatic carbocycles. The highest BCUT2D eigenvalue weighted by Gasteiger charge is 2.26. The van der Waals surface area contributed by atoms with Crippen LogP contribution in [0.4, 0.5) is 0 Å². The zero-order valence-corrected chi connectivity index (χ0v) is 10.0. The van der Waals surface area contributed by atoms with Crippen molar-refractivity contribution in [3.05, 3.63) is 29.1 Å². The van der Waals surface area contributed by atoms with Gasteiger partial charge in [0.2, 0.25) is 0 Å². The molecule has 0 aromatic carbocycles. The highest BCUT2D eigenvalue weighted by atomic mass is 16.5. The average molecular weight is 219 g/mol. The van der Waals surface area contributed by atoms with Gasteiger partial charge in [0.1, 0.15) is 5.69 Å². The van der Waals surface area contributed by atoms with Gasteiger partial charge in [-0.25, -0.2) is 9.78 Å². The lowest BCUT2D eigenvalue weighted by Crippen LogP contribution is -2.24. The lowest BCUT2D eigenvalue weighted by atomic mass is 9.76. The van der Waals surface area contributed by atoms with Crippen LogP contribution in [0.3, 0.4) is 0 Å². The fourth-order valence-corrected chi connectivity index (χ4v) is 2.14. The number of rotatable bonds is 1. The maximum absolute atomic E-state index is 11.4.